The summed E-state index contributed by atoms with van der Waals surface area (Å²) >= 11 is 0. The highest BCUT2D eigenvalue weighted by Crippen LogP contribution is 2.56. The standard InChI is InChI=1S/C18H23NO4S/c1-2-17(20)13-5-3-6-14(9-13)24(21,22)19-12-18(7-4-8-18)15-10-23-11-16(15)19/h3,5-6,9,15-16H,2,4,7-8,10-12H2,1H3/t15-,16-/m1/s1. The van der Waals surface area contributed by atoms with E-state index in [9.17, 15) is 13.2 Å². The lowest BCUT2D eigenvalue weighted by Gasteiger charge is -2.42. The summed E-state index contributed by atoms with van der Waals surface area (Å²) in [5.74, 6) is 0.285. The molecule has 6 heteroatoms. The van der Waals surface area contributed by atoms with E-state index in [-0.39, 0.29) is 22.1 Å². The van der Waals surface area contributed by atoms with E-state index in [0.29, 0.717) is 37.7 Å². The van der Waals surface area contributed by atoms with Crippen LogP contribution in [0.5, 0.6) is 0 Å². The molecule has 1 aromatic rings. The van der Waals surface area contributed by atoms with Crippen molar-refractivity contribution in [3.8, 4) is 0 Å². The van der Waals surface area contributed by atoms with Crippen molar-refractivity contribution in [3.05, 3.63) is 29.8 Å². The molecular weight excluding hydrogens is 326 g/mol. The Morgan fingerprint density at radius 1 is 1.33 bits per heavy atom. The summed E-state index contributed by atoms with van der Waals surface area (Å²) < 4.78 is 33.7. The highest BCUT2D eigenvalue weighted by molar-refractivity contribution is 7.89. The van der Waals surface area contributed by atoms with Crippen LogP contribution in [0, 0.1) is 11.3 Å². The van der Waals surface area contributed by atoms with Crippen LogP contribution in [0.2, 0.25) is 0 Å². The molecule has 0 unspecified atom stereocenters. The average Bonchev–Trinajstić information content (AvgIpc) is 3.14. The number of hydrogen-bond acceptors (Lipinski definition) is 4. The van der Waals surface area contributed by atoms with E-state index in [1.54, 1.807) is 29.4 Å². The SMILES string of the molecule is CCC(=O)c1cccc(S(=O)(=O)N2CC3(CCC3)[C@@H]3COC[C@H]32)c1. The van der Waals surface area contributed by atoms with Gasteiger partial charge in [-0.1, -0.05) is 25.5 Å². The number of benzene rings is 1. The van der Waals surface area contributed by atoms with Gasteiger partial charge in [-0.25, -0.2) is 8.42 Å². The fourth-order valence-corrected chi connectivity index (χ4v) is 6.34. The number of rotatable bonds is 4. The zero-order chi connectivity index (χ0) is 16.9. The molecule has 3 fully saturated rings. The second-order valence-electron chi connectivity index (χ2n) is 7.28. The Morgan fingerprint density at radius 2 is 2.12 bits per heavy atom. The number of carbonyl (C=O) groups is 1. The molecule has 0 aromatic heterocycles. The average molecular weight is 349 g/mol. The van der Waals surface area contributed by atoms with Crippen molar-refractivity contribution < 1.29 is 17.9 Å². The van der Waals surface area contributed by atoms with Crippen LogP contribution in [0.3, 0.4) is 0 Å². The highest BCUT2D eigenvalue weighted by atomic mass is 32.2. The minimum absolute atomic E-state index is 0.0361. The van der Waals surface area contributed by atoms with Crippen molar-refractivity contribution in [2.45, 2.75) is 43.5 Å². The van der Waals surface area contributed by atoms with E-state index < -0.39 is 10.0 Å². The Labute approximate surface area is 143 Å². The molecule has 0 N–H and O–H groups in total. The highest BCUT2D eigenvalue weighted by Gasteiger charge is 2.60. The number of nitrogens with zero attached hydrogens (tertiary/aromatic N) is 1. The fourth-order valence-electron chi connectivity index (χ4n) is 4.55. The number of carbonyl (C=O) groups excluding carboxylic acids is 1. The maximum Gasteiger partial charge on any atom is 0.243 e. The molecule has 0 radical (unpaired) electrons. The second kappa shape index (κ2) is 5.64. The van der Waals surface area contributed by atoms with Crippen LogP contribution in [0.1, 0.15) is 43.0 Å². The van der Waals surface area contributed by atoms with Gasteiger partial charge in [0.15, 0.2) is 5.78 Å². The van der Waals surface area contributed by atoms with Crippen molar-refractivity contribution in [1.29, 1.82) is 0 Å². The van der Waals surface area contributed by atoms with Gasteiger partial charge in [0.05, 0.1) is 24.2 Å². The molecule has 2 heterocycles. The normalized spacial score (nSPS) is 28.7. The molecule has 1 aliphatic carbocycles. The van der Waals surface area contributed by atoms with E-state index in [4.69, 9.17) is 4.74 Å². The minimum Gasteiger partial charge on any atom is -0.379 e. The topological polar surface area (TPSA) is 63.7 Å². The number of ether oxygens (including phenoxy) is 1. The van der Waals surface area contributed by atoms with Gasteiger partial charge in [0.2, 0.25) is 10.0 Å². The number of ketones is 1. The molecule has 24 heavy (non-hydrogen) atoms. The van der Waals surface area contributed by atoms with Gasteiger partial charge in [-0.3, -0.25) is 4.79 Å². The third kappa shape index (κ3) is 2.27. The Kier molecular flexibility index (Phi) is 3.82. The van der Waals surface area contributed by atoms with E-state index in [2.05, 4.69) is 0 Å². The fraction of sp³-hybridized carbons (Fsp3) is 0.611. The smallest absolute Gasteiger partial charge is 0.243 e. The van der Waals surface area contributed by atoms with Crippen LogP contribution in [0.4, 0.5) is 0 Å². The molecule has 1 saturated carbocycles. The zero-order valence-electron chi connectivity index (χ0n) is 13.9. The van der Waals surface area contributed by atoms with Gasteiger partial charge in [-0.05, 0) is 30.4 Å². The Morgan fingerprint density at radius 3 is 2.79 bits per heavy atom. The van der Waals surface area contributed by atoms with Crippen molar-refractivity contribution in [2.24, 2.45) is 11.3 Å². The summed E-state index contributed by atoms with van der Waals surface area (Å²) in [5.41, 5.74) is 0.584. The Hall–Kier alpha value is -1.24. The first kappa shape index (κ1) is 16.2. The monoisotopic (exact) mass is 349 g/mol. The molecule has 5 nitrogen and oxygen atoms in total. The Bertz CT molecular complexity index is 769. The molecule has 130 valence electrons. The van der Waals surface area contributed by atoms with Crippen molar-refractivity contribution in [2.75, 3.05) is 19.8 Å². The summed E-state index contributed by atoms with van der Waals surface area (Å²) in [7, 11) is -3.60. The van der Waals surface area contributed by atoms with Gasteiger partial charge in [0.1, 0.15) is 0 Å². The summed E-state index contributed by atoms with van der Waals surface area (Å²) in [5, 5.41) is 0. The van der Waals surface area contributed by atoms with Crippen molar-refractivity contribution in [1.82, 2.24) is 4.31 Å². The number of hydrogen-bond donors (Lipinski definition) is 0. The summed E-state index contributed by atoms with van der Waals surface area (Å²) in [6.07, 6.45) is 3.74. The number of Topliss-reactive ketones (excluding diaryl/α,β-unsaturated/α-hetero) is 1. The van der Waals surface area contributed by atoms with Crippen LogP contribution < -0.4 is 0 Å². The van der Waals surface area contributed by atoms with Crippen molar-refractivity contribution >= 4 is 15.8 Å². The molecule has 2 aliphatic heterocycles. The zero-order valence-corrected chi connectivity index (χ0v) is 14.7. The van der Waals surface area contributed by atoms with Gasteiger partial charge in [0, 0.05) is 24.4 Å². The molecule has 0 amide bonds. The lowest BCUT2D eigenvalue weighted by atomic mass is 9.62. The summed E-state index contributed by atoms with van der Waals surface area (Å²) in [4.78, 5) is 12.2. The summed E-state index contributed by atoms with van der Waals surface area (Å²) in [6, 6.07) is 6.41. The van der Waals surface area contributed by atoms with Gasteiger partial charge in [0.25, 0.3) is 0 Å². The molecule has 2 atom stereocenters. The maximum absolute atomic E-state index is 13.2. The van der Waals surface area contributed by atoms with E-state index in [1.807, 2.05) is 0 Å². The quantitative estimate of drug-likeness (QED) is 0.784. The third-order valence-electron chi connectivity index (χ3n) is 6.11. The minimum atomic E-state index is -3.60. The van der Waals surface area contributed by atoms with Gasteiger partial charge >= 0.3 is 0 Å². The van der Waals surface area contributed by atoms with Gasteiger partial charge in [-0.2, -0.15) is 4.31 Å². The van der Waals surface area contributed by atoms with Crippen LogP contribution in [-0.4, -0.2) is 44.3 Å². The van der Waals surface area contributed by atoms with Gasteiger partial charge in [-0.15, -0.1) is 0 Å². The van der Waals surface area contributed by atoms with Crippen LogP contribution in [0.15, 0.2) is 29.2 Å². The summed E-state index contributed by atoms with van der Waals surface area (Å²) in [6.45, 7) is 3.54. The molecule has 0 bridgehead atoms. The molecular formula is C18H23NO4S. The largest absolute Gasteiger partial charge is 0.379 e. The molecule has 1 aromatic carbocycles. The molecule has 1 spiro atoms. The van der Waals surface area contributed by atoms with Crippen LogP contribution in [0.25, 0.3) is 0 Å². The molecule has 2 saturated heterocycles. The van der Waals surface area contributed by atoms with E-state index >= 15 is 0 Å². The predicted octanol–water partition coefficient (Wildman–Crippen LogP) is 2.47. The van der Waals surface area contributed by atoms with Crippen LogP contribution in [-0.2, 0) is 14.8 Å². The first-order valence-electron chi connectivity index (χ1n) is 8.71. The molecule has 4 rings (SSSR count). The number of sulfonamides is 1. The second-order valence-corrected chi connectivity index (χ2v) is 9.17. The van der Waals surface area contributed by atoms with Crippen molar-refractivity contribution in [3.63, 3.8) is 0 Å². The maximum atomic E-state index is 13.2. The van der Waals surface area contributed by atoms with Crippen LogP contribution >= 0.6 is 0 Å². The third-order valence-corrected chi connectivity index (χ3v) is 7.98. The van der Waals surface area contributed by atoms with E-state index in [1.165, 1.54) is 12.5 Å². The molecule has 3 aliphatic rings. The first-order chi connectivity index (χ1) is 11.5. The Balaban J connectivity index is 1.69. The first-order valence-corrected chi connectivity index (χ1v) is 10.1. The number of fused-ring (bicyclic) bond motifs is 2. The van der Waals surface area contributed by atoms with Gasteiger partial charge < -0.3 is 4.74 Å². The lowest BCUT2D eigenvalue weighted by molar-refractivity contribution is 0.0601. The predicted molar refractivity (Wildman–Crippen MR) is 89.3 cm³/mol. The van der Waals surface area contributed by atoms with E-state index in [0.717, 1.165) is 12.8 Å². The lowest BCUT2D eigenvalue weighted by Crippen LogP contribution is -2.39.